The quantitative estimate of drug-likeness (QED) is 0.841. The molecule has 1 amide bonds. The van der Waals surface area contributed by atoms with Gasteiger partial charge in [-0.15, -0.1) is 0 Å². The number of nitrogens with two attached hydrogens (primary N) is 1. The molecule has 0 bridgehead atoms. The van der Waals surface area contributed by atoms with Crippen LogP contribution in [0.15, 0.2) is 0 Å². The van der Waals surface area contributed by atoms with Crippen LogP contribution in [0, 0.1) is 11.3 Å². The lowest BCUT2D eigenvalue weighted by molar-refractivity contribution is -0.230. The zero-order valence-electron chi connectivity index (χ0n) is 13.0. The molecule has 0 aromatic carbocycles. The average molecular weight is 280 g/mol. The van der Waals surface area contributed by atoms with E-state index in [0.29, 0.717) is 6.04 Å². The smallest absolute Gasteiger partial charge is 0.243 e. The van der Waals surface area contributed by atoms with Crippen molar-refractivity contribution in [2.24, 2.45) is 17.1 Å². The maximum absolute atomic E-state index is 13.0. The first-order valence-corrected chi connectivity index (χ1v) is 8.08. The molecule has 1 saturated heterocycles. The topological polar surface area (TPSA) is 55.6 Å². The van der Waals surface area contributed by atoms with Crippen LogP contribution in [-0.2, 0) is 9.53 Å². The highest BCUT2D eigenvalue weighted by Crippen LogP contribution is 2.58. The number of fused-ring (bicyclic) bond motifs is 1. The normalized spacial score (nSPS) is 40.0. The predicted octanol–water partition coefficient (Wildman–Crippen LogP) is 1.92. The minimum Gasteiger partial charge on any atom is -0.377 e. The molecular formula is C16H28N2O2. The summed E-state index contributed by atoms with van der Waals surface area (Å²) < 4.78 is 5.89. The summed E-state index contributed by atoms with van der Waals surface area (Å²) in [6, 6.07) is 0.391. The summed E-state index contributed by atoms with van der Waals surface area (Å²) >= 11 is 0. The van der Waals surface area contributed by atoms with Gasteiger partial charge in [0.05, 0.1) is 6.10 Å². The van der Waals surface area contributed by atoms with Crippen molar-refractivity contribution in [1.82, 2.24) is 4.90 Å². The Balaban J connectivity index is 1.81. The third kappa shape index (κ3) is 1.70. The third-order valence-corrected chi connectivity index (χ3v) is 6.23. The van der Waals surface area contributed by atoms with Crippen LogP contribution in [0.3, 0.4) is 0 Å². The molecule has 0 aromatic heterocycles. The minimum absolute atomic E-state index is 0.140. The van der Waals surface area contributed by atoms with E-state index in [0.717, 1.165) is 32.3 Å². The summed E-state index contributed by atoms with van der Waals surface area (Å²) in [4.78, 5) is 15.0. The number of rotatable bonds is 2. The monoisotopic (exact) mass is 280 g/mol. The predicted molar refractivity (Wildman–Crippen MR) is 78.2 cm³/mol. The van der Waals surface area contributed by atoms with Gasteiger partial charge in [0.25, 0.3) is 0 Å². The van der Waals surface area contributed by atoms with Crippen molar-refractivity contribution < 1.29 is 9.53 Å². The van der Waals surface area contributed by atoms with Crippen LogP contribution in [0.25, 0.3) is 0 Å². The number of ether oxygens (including phenoxy) is 1. The first-order chi connectivity index (χ1) is 9.40. The highest BCUT2D eigenvalue weighted by molar-refractivity contribution is 5.89. The molecular weight excluding hydrogens is 252 g/mol. The molecule has 3 rings (SSSR count). The molecule has 4 heteroatoms. The fourth-order valence-electron chi connectivity index (χ4n) is 4.76. The molecule has 0 aromatic rings. The molecule has 2 N–H and O–H groups in total. The van der Waals surface area contributed by atoms with Gasteiger partial charge in [-0.25, -0.2) is 0 Å². The van der Waals surface area contributed by atoms with Gasteiger partial charge in [-0.1, -0.05) is 26.7 Å². The Bertz CT molecular complexity index is 403. The molecule has 2 saturated carbocycles. The van der Waals surface area contributed by atoms with E-state index in [1.54, 1.807) is 0 Å². The molecule has 3 unspecified atom stereocenters. The van der Waals surface area contributed by atoms with Crippen molar-refractivity contribution in [3.63, 3.8) is 0 Å². The van der Waals surface area contributed by atoms with Crippen molar-refractivity contribution >= 4 is 5.91 Å². The maximum Gasteiger partial charge on any atom is 0.243 e. The second-order valence-electron chi connectivity index (χ2n) is 7.49. The zero-order chi connectivity index (χ0) is 14.5. The largest absolute Gasteiger partial charge is 0.377 e. The standard InChI is InChI=1S/C16H28N2O2/c1-15(2)13-12(9-6-10-20-13)16(15,17)14(19)18(3)11-7-4-5-8-11/h11-13H,4-10,17H2,1-3H3. The molecule has 114 valence electrons. The number of nitrogens with zero attached hydrogens (tertiary/aromatic N) is 1. The number of carbonyl (C=O) groups is 1. The summed E-state index contributed by atoms with van der Waals surface area (Å²) in [5.41, 5.74) is 5.67. The van der Waals surface area contributed by atoms with E-state index >= 15 is 0 Å². The minimum atomic E-state index is -0.741. The zero-order valence-corrected chi connectivity index (χ0v) is 13.0. The molecule has 4 nitrogen and oxygen atoms in total. The van der Waals surface area contributed by atoms with E-state index in [4.69, 9.17) is 10.5 Å². The molecule has 1 aliphatic heterocycles. The van der Waals surface area contributed by atoms with E-state index in [1.807, 2.05) is 11.9 Å². The van der Waals surface area contributed by atoms with E-state index in [-0.39, 0.29) is 23.3 Å². The van der Waals surface area contributed by atoms with E-state index in [9.17, 15) is 4.79 Å². The molecule has 0 radical (unpaired) electrons. The van der Waals surface area contributed by atoms with E-state index in [1.165, 1.54) is 12.8 Å². The highest BCUT2D eigenvalue weighted by atomic mass is 16.5. The van der Waals surface area contributed by atoms with E-state index < -0.39 is 5.54 Å². The van der Waals surface area contributed by atoms with Gasteiger partial charge >= 0.3 is 0 Å². The van der Waals surface area contributed by atoms with Crippen molar-refractivity contribution in [3.8, 4) is 0 Å². The van der Waals surface area contributed by atoms with Gasteiger partial charge < -0.3 is 15.4 Å². The van der Waals surface area contributed by atoms with E-state index in [2.05, 4.69) is 13.8 Å². The fourth-order valence-corrected chi connectivity index (χ4v) is 4.76. The molecule has 3 atom stereocenters. The molecule has 2 aliphatic carbocycles. The van der Waals surface area contributed by atoms with Crippen molar-refractivity contribution in [2.75, 3.05) is 13.7 Å². The molecule has 3 fully saturated rings. The molecule has 20 heavy (non-hydrogen) atoms. The second-order valence-corrected chi connectivity index (χ2v) is 7.49. The van der Waals surface area contributed by atoms with Gasteiger partial charge in [-0.05, 0) is 25.7 Å². The second kappa shape index (κ2) is 4.70. The van der Waals surface area contributed by atoms with Crippen molar-refractivity contribution in [2.45, 2.75) is 70.1 Å². The highest BCUT2D eigenvalue weighted by Gasteiger charge is 2.70. The van der Waals surface area contributed by atoms with Crippen molar-refractivity contribution in [1.29, 1.82) is 0 Å². The first-order valence-electron chi connectivity index (χ1n) is 8.08. The van der Waals surface area contributed by atoms with Gasteiger partial charge in [0.15, 0.2) is 0 Å². The fraction of sp³-hybridized carbons (Fsp3) is 0.938. The molecule has 3 aliphatic rings. The number of amides is 1. The van der Waals surface area contributed by atoms with Gasteiger partial charge in [-0.2, -0.15) is 0 Å². The maximum atomic E-state index is 13.0. The van der Waals surface area contributed by atoms with Gasteiger partial charge in [0.1, 0.15) is 5.54 Å². The van der Waals surface area contributed by atoms with Crippen LogP contribution in [-0.4, -0.2) is 42.1 Å². The lowest BCUT2D eigenvalue weighted by Crippen LogP contribution is -2.82. The lowest BCUT2D eigenvalue weighted by Gasteiger charge is -2.65. The molecule has 1 heterocycles. The Morgan fingerprint density at radius 1 is 1.20 bits per heavy atom. The third-order valence-electron chi connectivity index (χ3n) is 6.23. The van der Waals surface area contributed by atoms with Crippen LogP contribution >= 0.6 is 0 Å². The number of carbonyl (C=O) groups excluding carboxylic acids is 1. The lowest BCUT2D eigenvalue weighted by atomic mass is 9.46. The van der Waals surface area contributed by atoms with Gasteiger partial charge in [0.2, 0.25) is 5.91 Å². The van der Waals surface area contributed by atoms with Crippen LogP contribution < -0.4 is 5.73 Å². The summed E-state index contributed by atoms with van der Waals surface area (Å²) in [6.07, 6.45) is 6.93. The number of hydrogen-bond acceptors (Lipinski definition) is 3. The Morgan fingerprint density at radius 2 is 1.85 bits per heavy atom. The van der Waals surface area contributed by atoms with Crippen LogP contribution in [0.4, 0.5) is 0 Å². The SMILES string of the molecule is CN(C(=O)C1(N)C2CCCOC2C1(C)C)C1CCCC1. The summed E-state index contributed by atoms with van der Waals surface area (Å²) in [6.45, 7) is 5.01. The average Bonchev–Trinajstić information content (AvgIpc) is 2.99. The summed E-state index contributed by atoms with van der Waals surface area (Å²) in [5.74, 6) is 0.337. The van der Waals surface area contributed by atoms with Gasteiger partial charge in [-0.3, -0.25) is 4.79 Å². The Kier molecular flexibility index (Phi) is 3.37. The Morgan fingerprint density at radius 3 is 2.50 bits per heavy atom. The molecule has 0 spiro atoms. The first kappa shape index (κ1) is 14.3. The van der Waals surface area contributed by atoms with Gasteiger partial charge in [0, 0.05) is 31.0 Å². The Labute approximate surface area is 122 Å². The Hall–Kier alpha value is -0.610. The summed E-state index contributed by atoms with van der Waals surface area (Å²) in [7, 11) is 1.94. The van der Waals surface area contributed by atoms with Crippen LogP contribution in [0.1, 0.15) is 52.4 Å². The van der Waals surface area contributed by atoms with Crippen molar-refractivity contribution in [3.05, 3.63) is 0 Å². The number of likely N-dealkylation sites (N-methyl/N-ethyl adjacent to an activating group) is 1. The summed E-state index contributed by atoms with van der Waals surface area (Å²) in [5, 5.41) is 0. The number of hydrogen-bond donors (Lipinski definition) is 1. The van der Waals surface area contributed by atoms with Crippen LogP contribution in [0.2, 0.25) is 0 Å². The van der Waals surface area contributed by atoms with Crippen LogP contribution in [0.5, 0.6) is 0 Å².